The molecule has 5 rings (SSSR count). The Bertz CT molecular complexity index is 1610. The molecule has 0 amide bonds. The van der Waals surface area contributed by atoms with E-state index in [0.717, 1.165) is 38.5 Å². The van der Waals surface area contributed by atoms with Gasteiger partial charge < -0.3 is 4.57 Å². The molecule has 34 heavy (non-hydrogen) atoms. The second-order valence-electron chi connectivity index (χ2n) is 9.85. The monoisotopic (exact) mass is 439 g/mol. The van der Waals surface area contributed by atoms with E-state index in [1.165, 1.54) is 5.56 Å². The summed E-state index contributed by atoms with van der Waals surface area (Å²) in [6, 6.07) is 31.7. The Labute approximate surface area is 200 Å². The van der Waals surface area contributed by atoms with Gasteiger partial charge in [-0.2, -0.15) is 10.5 Å². The minimum atomic E-state index is -0.000852. The number of aromatic nitrogens is 1. The van der Waals surface area contributed by atoms with Crippen molar-refractivity contribution in [3.05, 3.63) is 101 Å². The molecule has 0 aliphatic carbocycles. The lowest BCUT2D eigenvalue weighted by atomic mass is 9.86. The average Bonchev–Trinajstić information content (AvgIpc) is 3.16. The minimum Gasteiger partial charge on any atom is -0.307 e. The summed E-state index contributed by atoms with van der Waals surface area (Å²) < 4.78 is 2.09. The van der Waals surface area contributed by atoms with Gasteiger partial charge in [0.25, 0.3) is 0 Å². The third-order valence-corrected chi connectivity index (χ3v) is 6.46. The molecule has 0 spiro atoms. The van der Waals surface area contributed by atoms with Gasteiger partial charge in [0.1, 0.15) is 12.1 Å². The first-order chi connectivity index (χ1) is 16.3. The second kappa shape index (κ2) is 7.91. The average molecular weight is 440 g/mol. The van der Waals surface area contributed by atoms with Crippen molar-refractivity contribution in [3.8, 4) is 29.0 Å². The van der Waals surface area contributed by atoms with E-state index in [0.29, 0.717) is 16.8 Å². The number of benzene rings is 4. The normalized spacial score (nSPS) is 11.5. The van der Waals surface area contributed by atoms with Crippen LogP contribution in [0.15, 0.2) is 78.9 Å². The molecule has 0 aliphatic heterocycles. The summed E-state index contributed by atoms with van der Waals surface area (Å²) >= 11 is 0. The molecular weight excluding hydrogens is 414 g/mol. The first kappa shape index (κ1) is 21.5. The molecule has 4 aromatic carbocycles. The summed E-state index contributed by atoms with van der Waals surface area (Å²) in [4.78, 5) is 0. The maximum atomic E-state index is 9.98. The number of hydrogen-bond acceptors (Lipinski definition) is 2. The SMILES string of the molecule is Cc1cc(C#N)c(-n2c3ccc(-c4ccccc4)cc3c3cc(C(C)(C)C)ccc32)c(C#N)c1. The standard InChI is InChI=1S/C31H25N3/c1-20-14-23(18-32)30(24(15-20)19-33)34-28-12-10-22(21-8-6-5-7-9-21)16-26(28)27-17-25(31(2,3)4)11-13-29(27)34/h5-17H,1-4H3. The predicted molar refractivity (Wildman–Crippen MR) is 139 cm³/mol. The molecule has 0 saturated heterocycles. The molecule has 0 saturated carbocycles. The van der Waals surface area contributed by atoms with Crippen LogP contribution in [0.5, 0.6) is 0 Å². The fraction of sp³-hybridized carbons (Fsp3) is 0.161. The summed E-state index contributed by atoms with van der Waals surface area (Å²) in [5.74, 6) is 0. The second-order valence-corrected chi connectivity index (χ2v) is 9.85. The van der Waals surface area contributed by atoms with Gasteiger partial charge in [-0.3, -0.25) is 0 Å². The summed E-state index contributed by atoms with van der Waals surface area (Å²) in [5.41, 5.74) is 8.06. The summed E-state index contributed by atoms with van der Waals surface area (Å²) in [7, 11) is 0. The Morgan fingerprint density at radius 2 is 1.26 bits per heavy atom. The van der Waals surface area contributed by atoms with Crippen LogP contribution in [-0.4, -0.2) is 4.57 Å². The molecule has 0 unspecified atom stereocenters. The van der Waals surface area contributed by atoms with E-state index in [1.807, 2.05) is 37.3 Å². The van der Waals surface area contributed by atoms with Crippen molar-refractivity contribution in [3.63, 3.8) is 0 Å². The lowest BCUT2D eigenvalue weighted by Gasteiger charge is -2.19. The van der Waals surface area contributed by atoms with E-state index in [4.69, 9.17) is 0 Å². The Hall–Kier alpha value is -4.34. The molecule has 0 atom stereocenters. The molecule has 1 heterocycles. The van der Waals surface area contributed by atoms with Crippen LogP contribution >= 0.6 is 0 Å². The van der Waals surface area contributed by atoms with Crippen LogP contribution in [0.3, 0.4) is 0 Å². The van der Waals surface area contributed by atoms with Gasteiger partial charge in [0, 0.05) is 10.8 Å². The Kier molecular flexibility index (Phi) is 5.00. The molecular formula is C31H25N3. The third-order valence-electron chi connectivity index (χ3n) is 6.46. The van der Waals surface area contributed by atoms with Crippen LogP contribution < -0.4 is 0 Å². The van der Waals surface area contributed by atoms with Crippen molar-refractivity contribution < 1.29 is 0 Å². The first-order valence-corrected chi connectivity index (χ1v) is 11.4. The van der Waals surface area contributed by atoms with E-state index in [-0.39, 0.29) is 5.41 Å². The highest BCUT2D eigenvalue weighted by Gasteiger charge is 2.21. The highest BCUT2D eigenvalue weighted by molar-refractivity contribution is 6.11. The lowest BCUT2D eigenvalue weighted by molar-refractivity contribution is 0.591. The number of nitrogens with zero attached hydrogens (tertiary/aromatic N) is 3. The van der Waals surface area contributed by atoms with Crippen molar-refractivity contribution >= 4 is 21.8 Å². The van der Waals surface area contributed by atoms with E-state index < -0.39 is 0 Å². The Morgan fingerprint density at radius 1 is 0.676 bits per heavy atom. The van der Waals surface area contributed by atoms with E-state index >= 15 is 0 Å². The highest BCUT2D eigenvalue weighted by Crippen LogP contribution is 2.38. The van der Waals surface area contributed by atoms with E-state index in [2.05, 4.69) is 86.0 Å². The van der Waals surface area contributed by atoms with Gasteiger partial charge in [-0.05, 0) is 71.0 Å². The molecule has 164 valence electrons. The van der Waals surface area contributed by atoms with Crippen molar-refractivity contribution in [2.45, 2.75) is 33.1 Å². The molecule has 0 radical (unpaired) electrons. The number of hydrogen-bond donors (Lipinski definition) is 0. The van der Waals surface area contributed by atoms with Crippen LogP contribution in [0, 0.1) is 29.6 Å². The number of rotatable bonds is 2. The number of fused-ring (bicyclic) bond motifs is 3. The molecule has 0 fully saturated rings. The molecule has 0 bridgehead atoms. The molecule has 1 aromatic heterocycles. The quantitative estimate of drug-likeness (QED) is 0.282. The van der Waals surface area contributed by atoms with Gasteiger partial charge in [0.2, 0.25) is 0 Å². The van der Waals surface area contributed by atoms with Crippen LogP contribution in [0.1, 0.15) is 43.0 Å². The number of nitriles is 2. The number of aryl methyl sites for hydroxylation is 1. The zero-order valence-electron chi connectivity index (χ0n) is 19.8. The van der Waals surface area contributed by atoms with Crippen LogP contribution in [0.25, 0.3) is 38.6 Å². The van der Waals surface area contributed by atoms with Crippen molar-refractivity contribution in [1.82, 2.24) is 4.57 Å². The summed E-state index contributed by atoms with van der Waals surface area (Å²) in [5, 5.41) is 22.2. The predicted octanol–water partition coefficient (Wildman–Crippen LogP) is 7.80. The van der Waals surface area contributed by atoms with E-state index in [1.54, 1.807) is 0 Å². The maximum absolute atomic E-state index is 9.98. The maximum Gasteiger partial charge on any atom is 0.101 e. The van der Waals surface area contributed by atoms with Crippen LogP contribution in [-0.2, 0) is 5.41 Å². The van der Waals surface area contributed by atoms with Gasteiger partial charge in [0.15, 0.2) is 0 Å². The molecule has 5 aromatic rings. The van der Waals surface area contributed by atoms with Gasteiger partial charge in [-0.1, -0.05) is 63.2 Å². The van der Waals surface area contributed by atoms with Crippen molar-refractivity contribution in [2.24, 2.45) is 0 Å². The van der Waals surface area contributed by atoms with Gasteiger partial charge in [-0.25, -0.2) is 0 Å². The smallest absolute Gasteiger partial charge is 0.101 e. The zero-order chi connectivity index (χ0) is 24.0. The van der Waals surface area contributed by atoms with Crippen molar-refractivity contribution in [1.29, 1.82) is 10.5 Å². The fourth-order valence-corrected chi connectivity index (χ4v) is 4.73. The van der Waals surface area contributed by atoms with Gasteiger partial charge in [-0.15, -0.1) is 0 Å². The van der Waals surface area contributed by atoms with Crippen LogP contribution in [0.2, 0.25) is 0 Å². The first-order valence-electron chi connectivity index (χ1n) is 11.4. The summed E-state index contributed by atoms with van der Waals surface area (Å²) in [6.07, 6.45) is 0. The third kappa shape index (κ3) is 3.43. The van der Waals surface area contributed by atoms with Gasteiger partial charge >= 0.3 is 0 Å². The van der Waals surface area contributed by atoms with Gasteiger partial charge in [0.05, 0.1) is 27.8 Å². The van der Waals surface area contributed by atoms with Crippen LogP contribution in [0.4, 0.5) is 0 Å². The Balaban J connectivity index is 1.94. The fourth-order valence-electron chi connectivity index (χ4n) is 4.73. The topological polar surface area (TPSA) is 52.5 Å². The molecule has 3 nitrogen and oxygen atoms in total. The molecule has 3 heteroatoms. The van der Waals surface area contributed by atoms with E-state index in [9.17, 15) is 10.5 Å². The molecule has 0 N–H and O–H groups in total. The molecule has 0 aliphatic rings. The summed E-state index contributed by atoms with van der Waals surface area (Å²) in [6.45, 7) is 8.55. The Morgan fingerprint density at radius 3 is 1.85 bits per heavy atom. The minimum absolute atomic E-state index is 0.000852. The van der Waals surface area contributed by atoms with Crippen molar-refractivity contribution in [2.75, 3.05) is 0 Å². The highest BCUT2D eigenvalue weighted by atomic mass is 15.0. The largest absolute Gasteiger partial charge is 0.307 e. The lowest BCUT2D eigenvalue weighted by Crippen LogP contribution is -2.10. The zero-order valence-corrected chi connectivity index (χ0v) is 19.8.